The van der Waals surface area contributed by atoms with E-state index in [4.69, 9.17) is 4.74 Å². The van der Waals surface area contributed by atoms with E-state index in [-0.39, 0.29) is 29.5 Å². The van der Waals surface area contributed by atoms with Gasteiger partial charge in [0.15, 0.2) is 5.78 Å². The Kier molecular flexibility index (Phi) is 4.03. The molecule has 22 heavy (non-hydrogen) atoms. The zero-order chi connectivity index (χ0) is 15.7. The van der Waals surface area contributed by atoms with Crippen molar-refractivity contribution >= 4 is 5.78 Å². The quantitative estimate of drug-likeness (QED) is 0.663. The Balaban J connectivity index is 1.66. The summed E-state index contributed by atoms with van der Waals surface area (Å²) in [6.45, 7) is 1.99. The summed E-state index contributed by atoms with van der Waals surface area (Å²) >= 11 is 0. The van der Waals surface area contributed by atoms with Crippen LogP contribution in [0.2, 0.25) is 0 Å². The smallest absolute Gasteiger partial charge is 0.163 e. The molecule has 1 aliphatic carbocycles. The summed E-state index contributed by atoms with van der Waals surface area (Å²) in [6.07, 6.45) is 5.97. The number of carbonyl (C=O) groups excluding carboxylic acids is 1. The predicted molar refractivity (Wildman–Crippen MR) is 82.4 cm³/mol. The second kappa shape index (κ2) is 5.97. The van der Waals surface area contributed by atoms with Gasteiger partial charge in [-0.25, -0.2) is 0 Å². The van der Waals surface area contributed by atoms with Crippen molar-refractivity contribution in [3.8, 4) is 5.75 Å². The molecule has 116 valence electrons. The third-order valence-electron chi connectivity index (χ3n) is 4.55. The number of hydrogen-bond donors (Lipinski definition) is 2. The molecule has 4 atom stereocenters. The van der Waals surface area contributed by atoms with E-state index in [1.165, 1.54) is 12.1 Å². The number of phenolic OH excluding ortho intramolecular Hbond substituents is 1. The SMILES string of the molecule is C[C@@H]1OC=C[C@@H]2[C@H]1C(CCC(=O)c1ccc(O)cc1)=C[C@H]2O. The molecule has 2 aliphatic rings. The molecule has 3 rings (SSSR count). The van der Waals surface area contributed by atoms with Crippen molar-refractivity contribution in [1.29, 1.82) is 0 Å². The maximum Gasteiger partial charge on any atom is 0.163 e. The molecule has 4 nitrogen and oxygen atoms in total. The first-order chi connectivity index (χ1) is 10.6. The maximum absolute atomic E-state index is 12.2. The van der Waals surface area contributed by atoms with E-state index < -0.39 is 6.10 Å². The number of fused-ring (bicyclic) bond motifs is 1. The van der Waals surface area contributed by atoms with Crippen molar-refractivity contribution in [2.75, 3.05) is 0 Å². The van der Waals surface area contributed by atoms with Crippen LogP contribution >= 0.6 is 0 Å². The third kappa shape index (κ3) is 2.79. The molecule has 2 N–H and O–H groups in total. The zero-order valence-electron chi connectivity index (χ0n) is 12.5. The van der Waals surface area contributed by atoms with Gasteiger partial charge in [-0.15, -0.1) is 0 Å². The van der Waals surface area contributed by atoms with Gasteiger partial charge < -0.3 is 14.9 Å². The van der Waals surface area contributed by atoms with Crippen LogP contribution in [0, 0.1) is 11.8 Å². The molecule has 0 fully saturated rings. The zero-order valence-corrected chi connectivity index (χ0v) is 12.5. The molecular weight excluding hydrogens is 280 g/mol. The molecule has 0 spiro atoms. The number of ether oxygens (including phenoxy) is 1. The van der Waals surface area contributed by atoms with E-state index in [1.807, 2.05) is 19.1 Å². The summed E-state index contributed by atoms with van der Waals surface area (Å²) in [5.41, 5.74) is 1.70. The van der Waals surface area contributed by atoms with Crippen LogP contribution < -0.4 is 0 Å². The highest BCUT2D eigenvalue weighted by molar-refractivity contribution is 5.96. The van der Waals surface area contributed by atoms with Crippen LogP contribution in [0.5, 0.6) is 5.75 Å². The number of hydrogen-bond acceptors (Lipinski definition) is 4. The molecule has 1 aromatic carbocycles. The molecular formula is C18H20O4. The largest absolute Gasteiger partial charge is 0.508 e. The van der Waals surface area contributed by atoms with E-state index in [9.17, 15) is 15.0 Å². The molecule has 4 heteroatoms. The van der Waals surface area contributed by atoms with Crippen molar-refractivity contribution in [3.05, 3.63) is 53.8 Å². The van der Waals surface area contributed by atoms with E-state index in [2.05, 4.69) is 0 Å². The molecule has 0 saturated heterocycles. The van der Waals surface area contributed by atoms with Crippen LogP contribution in [0.25, 0.3) is 0 Å². The number of aromatic hydroxyl groups is 1. The summed E-state index contributed by atoms with van der Waals surface area (Å²) in [5.74, 6) is 0.398. The lowest BCUT2D eigenvalue weighted by Crippen LogP contribution is -2.31. The van der Waals surface area contributed by atoms with Gasteiger partial charge in [-0.2, -0.15) is 0 Å². The lowest BCUT2D eigenvalue weighted by atomic mass is 9.83. The summed E-state index contributed by atoms with van der Waals surface area (Å²) in [7, 11) is 0. The molecule has 1 aromatic rings. The Morgan fingerprint density at radius 1 is 1.27 bits per heavy atom. The van der Waals surface area contributed by atoms with Crippen LogP contribution in [0.3, 0.4) is 0 Å². The number of ketones is 1. The maximum atomic E-state index is 12.2. The van der Waals surface area contributed by atoms with E-state index in [0.29, 0.717) is 18.4 Å². The number of phenols is 1. The Labute approximate surface area is 129 Å². The topological polar surface area (TPSA) is 66.8 Å². The van der Waals surface area contributed by atoms with Gasteiger partial charge in [0.25, 0.3) is 0 Å². The van der Waals surface area contributed by atoms with Crippen LogP contribution in [0.1, 0.15) is 30.1 Å². The van der Waals surface area contributed by atoms with Gasteiger partial charge in [-0.05, 0) is 43.7 Å². The second-order valence-corrected chi connectivity index (χ2v) is 5.98. The lowest BCUT2D eigenvalue weighted by Gasteiger charge is -2.31. The molecule has 0 unspecified atom stereocenters. The molecule has 0 aromatic heterocycles. The molecule has 1 aliphatic heterocycles. The minimum Gasteiger partial charge on any atom is -0.508 e. The summed E-state index contributed by atoms with van der Waals surface area (Å²) in [5, 5.41) is 19.4. The highest BCUT2D eigenvalue weighted by Crippen LogP contribution is 2.41. The minimum absolute atomic E-state index is 0.0159. The predicted octanol–water partition coefficient (Wildman–Crippen LogP) is 2.82. The third-order valence-corrected chi connectivity index (χ3v) is 4.55. The average molecular weight is 300 g/mol. The molecule has 0 bridgehead atoms. The van der Waals surface area contributed by atoms with Gasteiger partial charge >= 0.3 is 0 Å². The molecule has 1 heterocycles. The molecule has 0 radical (unpaired) electrons. The van der Waals surface area contributed by atoms with Crippen LogP contribution in [-0.4, -0.2) is 28.2 Å². The van der Waals surface area contributed by atoms with Crippen molar-refractivity contribution in [2.45, 2.75) is 32.0 Å². The molecule has 0 amide bonds. The summed E-state index contributed by atoms with van der Waals surface area (Å²) < 4.78 is 5.53. The van der Waals surface area contributed by atoms with E-state index in [1.54, 1.807) is 18.4 Å². The number of aliphatic hydroxyl groups is 1. The van der Waals surface area contributed by atoms with Crippen molar-refractivity contribution in [1.82, 2.24) is 0 Å². The highest BCUT2D eigenvalue weighted by atomic mass is 16.5. The second-order valence-electron chi connectivity index (χ2n) is 5.98. The monoisotopic (exact) mass is 300 g/mol. The van der Waals surface area contributed by atoms with Gasteiger partial charge in [0, 0.05) is 23.8 Å². The fourth-order valence-electron chi connectivity index (χ4n) is 3.39. The number of aliphatic hydroxyl groups excluding tert-OH is 1. The average Bonchev–Trinajstić information content (AvgIpc) is 2.83. The normalized spacial score (nSPS) is 29.6. The number of benzene rings is 1. The number of Topliss-reactive ketones (excluding diaryl/α,β-unsaturated/α-hetero) is 1. The van der Waals surface area contributed by atoms with Gasteiger partial charge in [-0.1, -0.05) is 11.6 Å². The standard InChI is InChI=1S/C18H20O4/c1-11-18-13(10-17(21)15(18)8-9-22-11)4-7-16(20)12-2-5-14(19)6-3-12/h2-3,5-6,8-11,15,17-19,21H,4,7H2,1H3/t11-,15-,17+,18+/m0/s1. The van der Waals surface area contributed by atoms with Gasteiger partial charge in [0.05, 0.1) is 12.4 Å². The first-order valence-electron chi connectivity index (χ1n) is 7.59. The van der Waals surface area contributed by atoms with Crippen LogP contribution in [-0.2, 0) is 4.74 Å². The van der Waals surface area contributed by atoms with Gasteiger partial charge in [0.1, 0.15) is 11.9 Å². The highest BCUT2D eigenvalue weighted by Gasteiger charge is 2.40. The van der Waals surface area contributed by atoms with Crippen LogP contribution in [0.4, 0.5) is 0 Å². The molecule has 0 saturated carbocycles. The van der Waals surface area contributed by atoms with E-state index in [0.717, 1.165) is 5.57 Å². The Morgan fingerprint density at radius 2 is 2.00 bits per heavy atom. The van der Waals surface area contributed by atoms with Crippen LogP contribution in [0.15, 0.2) is 48.3 Å². The Bertz CT molecular complexity index is 614. The van der Waals surface area contributed by atoms with Crippen molar-refractivity contribution < 1.29 is 19.7 Å². The fraction of sp³-hybridized carbons (Fsp3) is 0.389. The first-order valence-corrected chi connectivity index (χ1v) is 7.59. The van der Waals surface area contributed by atoms with Crippen molar-refractivity contribution in [3.63, 3.8) is 0 Å². The summed E-state index contributed by atoms with van der Waals surface area (Å²) in [4.78, 5) is 12.2. The Morgan fingerprint density at radius 3 is 2.73 bits per heavy atom. The minimum atomic E-state index is -0.494. The first kappa shape index (κ1) is 14.9. The van der Waals surface area contributed by atoms with Gasteiger partial charge in [-0.3, -0.25) is 4.79 Å². The van der Waals surface area contributed by atoms with Crippen molar-refractivity contribution in [2.24, 2.45) is 11.8 Å². The summed E-state index contributed by atoms with van der Waals surface area (Å²) in [6, 6.07) is 6.30. The fourth-order valence-corrected chi connectivity index (χ4v) is 3.39. The Hall–Kier alpha value is -2.07. The lowest BCUT2D eigenvalue weighted by molar-refractivity contribution is 0.0517. The van der Waals surface area contributed by atoms with E-state index >= 15 is 0 Å². The number of rotatable bonds is 4. The number of carbonyl (C=O) groups is 1. The van der Waals surface area contributed by atoms with Gasteiger partial charge in [0.2, 0.25) is 0 Å².